The number of carbonyl (C=O) groups is 2. The van der Waals surface area contributed by atoms with Crippen LogP contribution in [0.5, 0.6) is 0 Å². The van der Waals surface area contributed by atoms with E-state index in [9.17, 15) is 19.8 Å². The number of amides is 1. The topological polar surface area (TPSA) is 114 Å². The van der Waals surface area contributed by atoms with Gasteiger partial charge in [0.25, 0.3) is 0 Å². The second-order valence-electron chi connectivity index (χ2n) is 5.81. The van der Waals surface area contributed by atoms with Crippen molar-refractivity contribution < 1.29 is 34.0 Å². The van der Waals surface area contributed by atoms with Crippen molar-refractivity contribution in [3.63, 3.8) is 0 Å². The molecule has 1 heterocycles. The van der Waals surface area contributed by atoms with E-state index in [2.05, 4.69) is 5.32 Å². The summed E-state index contributed by atoms with van der Waals surface area (Å²) in [5, 5.41) is 22.2. The van der Waals surface area contributed by atoms with E-state index in [-0.39, 0.29) is 6.61 Å². The molecule has 8 heteroatoms. The number of hydrogen-bond acceptors (Lipinski definition) is 7. The number of esters is 1. The lowest BCUT2D eigenvalue weighted by Crippen LogP contribution is -2.65. The van der Waals surface area contributed by atoms with Crippen LogP contribution in [0.2, 0.25) is 0 Å². The molecule has 0 spiro atoms. The van der Waals surface area contributed by atoms with Gasteiger partial charge in [0.1, 0.15) is 18.2 Å². The van der Waals surface area contributed by atoms with Gasteiger partial charge in [0.2, 0.25) is 5.91 Å². The maximum absolute atomic E-state index is 11.5. The number of benzene rings is 1. The number of hydrogen-bond donors (Lipinski definition) is 3. The molecular weight excluding hydrogens is 330 g/mol. The molecule has 1 aliphatic heterocycles. The van der Waals surface area contributed by atoms with Crippen LogP contribution in [-0.2, 0) is 30.4 Å². The molecule has 0 saturated carbocycles. The molecule has 25 heavy (non-hydrogen) atoms. The van der Waals surface area contributed by atoms with Gasteiger partial charge < -0.3 is 29.7 Å². The van der Waals surface area contributed by atoms with Crippen LogP contribution in [0.15, 0.2) is 30.3 Å². The van der Waals surface area contributed by atoms with Crippen LogP contribution in [0.1, 0.15) is 19.4 Å². The third-order valence-corrected chi connectivity index (χ3v) is 3.80. The summed E-state index contributed by atoms with van der Waals surface area (Å²) in [6.45, 7) is 2.23. The third kappa shape index (κ3) is 5.23. The predicted molar refractivity (Wildman–Crippen MR) is 86.1 cm³/mol. The lowest BCUT2D eigenvalue weighted by Gasteiger charge is -2.43. The third-order valence-electron chi connectivity index (χ3n) is 3.80. The SMILES string of the molecule is CC(=O)N[C@@H]1[C@@H](OC(C)=O)[C@H](OCc2ccccc2)[C@@H](CO)O[C@@H]1O. The molecule has 0 bridgehead atoms. The minimum Gasteiger partial charge on any atom is -0.457 e. The fraction of sp³-hybridized carbons (Fsp3) is 0.529. The molecule has 2 rings (SSSR count). The molecule has 1 saturated heterocycles. The molecule has 0 radical (unpaired) electrons. The fourth-order valence-corrected chi connectivity index (χ4v) is 2.76. The number of ether oxygens (including phenoxy) is 3. The van der Waals surface area contributed by atoms with E-state index >= 15 is 0 Å². The van der Waals surface area contributed by atoms with Gasteiger partial charge in [-0.3, -0.25) is 9.59 Å². The van der Waals surface area contributed by atoms with Gasteiger partial charge in [-0.1, -0.05) is 30.3 Å². The molecule has 1 amide bonds. The van der Waals surface area contributed by atoms with Gasteiger partial charge in [0.15, 0.2) is 12.4 Å². The molecule has 1 fully saturated rings. The Bertz CT molecular complexity index is 580. The molecule has 0 aromatic heterocycles. The first kappa shape index (κ1) is 19.3. The van der Waals surface area contributed by atoms with Gasteiger partial charge in [-0.2, -0.15) is 0 Å². The molecule has 0 aliphatic carbocycles. The first-order valence-electron chi connectivity index (χ1n) is 7.96. The minimum atomic E-state index is -1.44. The number of carbonyl (C=O) groups excluding carboxylic acids is 2. The molecule has 138 valence electrons. The van der Waals surface area contributed by atoms with Gasteiger partial charge in [-0.25, -0.2) is 0 Å². The smallest absolute Gasteiger partial charge is 0.303 e. The van der Waals surface area contributed by atoms with Crippen molar-refractivity contribution in [2.45, 2.75) is 51.1 Å². The van der Waals surface area contributed by atoms with Crippen molar-refractivity contribution in [3.8, 4) is 0 Å². The molecule has 1 aromatic rings. The van der Waals surface area contributed by atoms with Crippen molar-refractivity contribution in [1.29, 1.82) is 0 Å². The normalized spacial score (nSPS) is 29.0. The maximum Gasteiger partial charge on any atom is 0.303 e. The quantitative estimate of drug-likeness (QED) is 0.603. The Hall–Kier alpha value is -2.00. The largest absolute Gasteiger partial charge is 0.457 e. The van der Waals surface area contributed by atoms with Crippen molar-refractivity contribution in [2.24, 2.45) is 0 Å². The summed E-state index contributed by atoms with van der Waals surface area (Å²) in [5.41, 5.74) is 0.878. The molecular formula is C17H23NO7. The molecule has 1 aliphatic rings. The van der Waals surface area contributed by atoms with Crippen LogP contribution < -0.4 is 5.32 Å². The average molecular weight is 353 g/mol. The van der Waals surface area contributed by atoms with Gasteiger partial charge in [-0.05, 0) is 5.56 Å². The van der Waals surface area contributed by atoms with E-state index in [1.54, 1.807) is 0 Å². The summed E-state index contributed by atoms with van der Waals surface area (Å²) in [6, 6.07) is 8.29. The van der Waals surface area contributed by atoms with E-state index in [0.717, 1.165) is 5.56 Å². The van der Waals surface area contributed by atoms with Crippen LogP contribution in [-0.4, -0.2) is 59.3 Å². The van der Waals surface area contributed by atoms with Crippen molar-refractivity contribution in [3.05, 3.63) is 35.9 Å². The van der Waals surface area contributed by atoms with E-state index in [4.69, 9.17) is 14.2 Å². The van der Waals surface area contributed by atoms with Gasteiger partial charge in [-0.15, -0.1) is 0 Å². The lowest BCUT2D eigenvalue weighted by molar-refractivity contribution is -0.269. The molecule has 3 N–H and O–H groups in total. The van der Waals surface area contributed by atoms with E-state index in [1.165, 1.54) is 13.8 Å². The summed E-state index contributed by atoms with van der Waals surface area (Å²) in [6.07, 6.45) is -4.23. The van der Waals surface area contributed by atoms with Crippen molar-refractivity contribution in [1.82, 2.24) is 5.32 Å². The van der Waals surface area contributed by atoms with Crippen LogP contribution in [0.25, 0.3) is 0 Å². The Balaban J connectivity index is 2.21. The summed E-state index contributed by atoms with van der Waals surface area (Å²) < 4.78 is 16.4. The lowest BCUT2D eigenvalue weighted by atomic mass is 9.96. The van der Waals surface area contributed by atoms with Gasteiger partial charge in [0, 0.05) is 13.8 Å². The number of aliphatic hydroxyl groups excluding tert-OH is 2. The number of rotatable bonds is 6. The van der Waals surface area contributed by atoms with Crippen molar-refractivity contribution in [2.75, 3.05) is 6.61 Å². The summed E-state index contributed by atoms with van der Waals surface area (Å²) in [5.74, 6) is -1.02. The Morgan fingerprint density at radius 3 is 2.44 bits per heavy atom. The number of nitrogens with one attached hydrogen (secondary N) is 1. The fourth-order valence-electron chi connectivity index (χ4n) is 2.76. The van der Waals surface area contributed by atoms with Crippen LogP contribution in [0.3, 0.4) is 0 Å². The molecule has 0 unspecified atom stereocenters. The standard InChI is InChI=1S/C17H23NO7/c1-10(20)18-14-16(24-11(2)21)15(13(8-19)25-17(14)22)23-9-12-6-4-3-5-7-12/h3-7,13-17,19,22H,8-9H2,1-2H3,(H,18,20)/t13-,14-,15-,16-,17+/m1/s1. The Labute approximate surface area is 145 Å². The highest BCUT2D eigenvalue weighted by molar-refractivity contribution is 5.73. The second kappa shape index (κ2) is 8.91. The first-order valence-corrected chi connectivity index (χ1v) is 7.96. The average Bonchev–Trinajstić information content (AvgIpc) is 2.57. The predicted octanol–water partition coefficient (Wildman–Crippen LogP) is -0.282. The highest BCUT2D eigenvalue weighted by Crippen LogP contribution is 2.26. The zero-order valence-corrected chi connectivity index (χ0v) is 14.1. The molecule has 1 aromatic carbocycles. The Morgan fingerprint density at radius 2 is 1.88 bits per heavy atom. The Kier molecular flexibility index (Phi) is 6.89. The Morgan fingerprint density at radius 1 is 1.20 bits per heavy atom. The van der Waals surface area contributed by atoms with Crippen LogP contribution >= 0.6 is 0 Å². The van der Waals surface area contributed by atoms with E-state index in [0.29, 0.717) is 0 Å². The second-order valence-corrected chi connectivity index (χ2v) is 5.81. The molecule has 5 atom stereocenters. The zero-order chi connectivity index (χ0) is 18.4. The summed E-state index contributed by atoms with van der Waals surface area (Å²) in [4.78, 5) is 22.9. The highest BCUT2D eigenvalue weighted by Gasteiger charge is 2.48. The van der Waals surface area contributed by atoms with Crippen LogP contribution in [0, 0.1) is 0 Å². The van der Waals surface area contributed by atoms with Crippen molar-refractivity contribution >= 4 is 11.9 Å². The van der Waals surface area contributed by atoms with Gasteiger partial charge >= 0.3 is 5.97 Å². The molecule has 8 nitrogen and oxygen atoms in total. The maximum atomic E-state index is 11.5. The summed E-state index contributed by atoms with van der Waals surface area (Å²) >= 11 is 0. The monoisotopic (exact) mass is 353 g/mol. The van der Waals surface area contributed by atoms with E-state index < -0.39 is 49.1 Å². The summed E-state index contributed by atoms with van der Waals surface area (Å²) in [7, 11) is 0. The van der Waals surface area contributed by atoms with Crippen LogP contribution in [0.4, 0.5) is 0 Å². The minimum absolute atomic E-state index is 0.187. The highest BCUT2D eigenvalue weighted by atomic mass is 16.7. The zero-order valence-electron chi connectivity index (χ0n) is 14.1. The van der Waals surface area contributed by atoms with E-state index in [1.807, 2.05) is 30.3 Å². The number of aliphatic hydroxyl groups is 2. The first-order chi connectivity index (χ1) is 11.9. The van der Waals surface area contributed by atoms with Gasteiger partial charge in [0.05, 0.1) is 13.2 Å².